The van der Waals surface area contributed by atoms with E-state index in [1.807, 2.05) is 30.3 Å². The first-order chi connectivity index (χ1) is 12.9. The number of imide groups is 1. The monoisotopic (exact) mass is 367 g/mol. The van der Waals surface area contributed by atoms with Crippen LogP contribution in [0.5, 0.6) is 11.5 Å². The molecule has 1 heterocycles. The van der Waals surface area contributed by atoms with Gasteiger partial charge in [-0.1, -0.05) is 30.3 Å². The predicted octanol–water partition coefficient (Wildman–Crippen LogP) is 2.68. The summed E-state index contributed by atoms with van der Waals surface area (Å²) >= 11 is 0. The second-order valence-electron chi connectivity index (χ2n) is 6.54. The summed E-state index contributed by atoms with van der Waals surface area (Å²) in [5.74, 6) is -0.118. The molecular weight excluding hydrogens is 346 g/mol. The van der Waals surface area contributed by atoms with Crippen LogP contribution in [0.25, 0.3) is 0 Å². The third kappa shape index (κ3) is 3.92. The zero-order valence-electron chi connectivity index (χ0n) is 15.2. The minimum absolute atomic E-state index is 0.00173. The van der Waals surface area contributed by atoms with Crippen molar-refractivity contribution >= 4 is 18.2 Å². The van der Waals surface area contributed by atoms with Crippen molar-refractivity contribution in [2.75, 3.05) is 7.11 Å². The van der Waals surface area contributed by atoms with Gasteiger partial charge in [0.15, 0.2) is 11.5 Å². The molecule has 0 aliphatic carbocycles. The van der Waals surface area contributed by atoms with Crippen LogP contribution in [0.2, 0.25) is 0 Å². The van der Waals surface area contributed by atoms with Gasteiger partial charge in [0, 0.05) is 0 Å². The number of phenols is 1. The summed E-state index contributed by atoms with van der Waals surface area (Å²) in [6, 6.07) is 13.8. The van der Waals surface area contributed by atoms with Crippen LogP contribution in [0.15, 0.2) is 53.6 Å². The van der Waals surface area contributed by atoms with Crippen molar-refractivity contribution in [3.8, 4) is 11.5 Å². The number of urea groups is 1. The first kappa shape index (κ1) is 18.4. The van der Waals surface area contributed by atoms with Crippen molar-refractivity contribution in [2.45, 2.75) is 25.3 Å². The van der Waals surface area contributed by atoms with Crippen LogP contribution in [0, 0.1) is 0 Å². The van der Waals surface area contributed by atoms with Gasteiger partial charge in [-0.3, -0.25) is 4.79 Å². The number of nitrogens with one attached hydrogen (secondary N) is 1. The number of methoxy groups -OCH3 is 1. The van der Waals surface area contributed by atoms with Gasteiger partial charge in [0.05, 0.1) is 13.3 Å². The van der Waals surface area contributed by atoms with Crippen LogP contribution in [-0.2, 0) is 11.2 Å². The van der Waals surface area contributed by atoms with E-state index in [0.29, 0.717) is 18.4 Å². The summed E-state index contributed by atoms with van der Waals surface area (Å²) in [5.41, 5.74) is 0.679. The molecule has 0 spiro atoms. The van der Waals surface area contributed by atoms with Gasteiger partial charge in [0.1, 0.15) is 5.54 Å². The third-order valence-electron chi connectivity index (χ3n) is 4.52. The smallest absolute Gasteiger partial charge is 0.346 e. The molecule has 3 rings (SSSR count). The Morgan fingerprint density at radius 3 is 2.67 bits per heavy atom. The molecule has 3 amide bonds. The molecule has 0 radical (unpaired) electrons. The zero-order valence-corrected chi connectivity index (χ0v) is 15.2. The fourth-order valence-electron chi connectivity index (χ4n) is 2.88. The van der Waals surface area contributed by atoms with Crippen LogP contribution >= 0.6 is 0 Å². The average Bonchev–Trinajstić information content (AvgIpc) is 2.89. The quantitative estimate of drug-likeness (QED) is 0.607. The van der Waals surface area contributed by atoms with Crippen LogP contribution in [0.3, 0.4) is 0 Å². The molecule has 2 aromatic rings. The Kier molecular flexibility index (Phi) is 5.12. The average molecular weight is 367 g/mol. The maximum Gasteiger partial charge on any atom is 0.346 e. The lowest BCUT2D eigenvalue weighted by atomic mass is 9.93. The number of aryl methyl sites for hydroxylation is 1. The van der Waals surface area contributed by atoms with E-state index in [9.17, 15) is 14.7 Å². The van der Waals surface area contributed by atoms with Gasteiger partial charge >= 0.3 is 6.03 Å². The van der Waals surface area contributed by atoms with Crippen molar-refractivity contribution in [1.29, 1.82) is 0 Å². The lowest BCUT2D eigenvalue weighted by molar-refractivity contribution is -0.130. The molecule has 1 saturated heterocycles. The number of nitrogens with zero attached hydrogens (tertiary/aromatic N) is 2. The van der Waals surface area contributed by atoms with E-state index in [4.69, 9.17) is 4.74 Å². The van der Waals surface area contributed by atoms with Gasteiger partial charge in [-0.15, -0.1) is 5.01 Å². The molecule has 0 saturated carbocycles. The summed E-state index contributed by atoms with van der Waals surface area (Å²) in [7, 11) is 1.44. The maximum absolute atomic E-state index is 12.7. The van der Waals surface area contributed by atoms with Gasteiger partial charge < -0.3 is 15.2 Å². The number of carbonyl (C=O) groups excluding carboxylic acids is 2. The van der Waals surface area contributed by atoms with E-state index < -0.39 is 17.5 Å². The minimum Gasteiger partial charge on any atom is -0.504 e. The molecule has 1 atom stereocenters. The summed E-state index contributed by atoms with van der Waals surface area (Å²) in [6.07, 6.45) is 2.51. The number of amides is 3. The number of phenolic OH excluding ortho intramolecular Hbond substituents is 1. The van der Waals surface area contributed by atoms with Crippen LogP contribution in [-0.4, -0.2) is 40.9 Å². The van der Waals surface area contributed by atoms with Crippen LogP contribution in [0.4, 0.5) is 4.79 Å². The molecule has 1 aliphatic rings. The molecular formula is C20H21N3O4. The molecule has 0 unspecified atom stereocenters. The number of aromatic hydroxyl groups is 1. The Labute approximate surface area is 157 Å². The molecule has 7 heteroatoms. The Morgan fingerprint density at radius 2 is 1.96 bits per heavy atom. The summed E-state index contributed by atoms with van der Waals surface area (Å²) in [6.45, 7) is 1.70. The molecule has 140 valence electrons. The number of hydrogen-bond acceptors (Lipinski definition) is 5. The SMILES string of the molecule is COc1cc(/C=N/N2C(=O)N[C@@](C)(CCc3ccccc3)C2=O)ccc1O. The number of hydrogen-bond donors (Lipinski definition) is 2. The molecule has 27 heavy (non-hydrogen) atoms. The lowest BCUT2D eigenvalue weighted by Crippen LogP contribution is -2.44. The zero-order chi connectivity index (χ0) is 19.4. The van der Waals surface area contributed by atoms with Gasteiger partial charge in [0.2, 0.25) is 0 Å². The highest BCUT2D eigenvalue weighted by atomic mass is 16.5. The Morgan fingerprint density at radius 1 is 1.22 bits per heavy atom. The van der Waals surface area contributed by atoms with Crippen molar-refractivity contribution in [2.24, 2.45) is 5.10 Å². The van der Waals surface area contributed by atoms with Crippen molar-refractivity contribution in [3.63, 3.8) is 0 Å². The standard InChI is InChI=1S/C20H21N3O4/c1-20(11-10-14-6-4-3-5-7-14)18(25)23(19(26)22-20)21-13-15-8-9-16(24)17(12-15)27-2/h3-9,12-13,24H,10-11H2,1-2H3,(H,22,26)/b21-13+/t20-/m0/s1. The number of ether oxygens (including phenoxy) is 1. The van der Waals surface area contributed by atoms with Crippen molar-refractivity contribution in [3.05, 3.63) is 59.7 Å². The van der Waals surface area contributed by atoms with E-state index in [0.717, 1.165) is 10.6 Å². The van der Waals surface area contributed by atoms with E-state index >= 15 is 0 Å². The van der Waals surface area contributed by atoms with Gasteiger partial charge in [-0.25, -0.2) is 4.79 Å². The van der Waals surface area contributed by atoms with E-state index in [1.54, 1.807) is 19.1 Å². The second kappa shape index (κ2) is 7.49. The fraction of sp³-hybridized carbons (Fsp3) is 0.250. The predicted molar refractivity (Wildman–Crippen MR) is 101 cm³/mol. The van der Waals surface area contributed by atoms with Crippen molar-refractivity contribution in [1.82, 2.24) is 10.3 Å². The molecule has 1 fully saturated rings. The van der Waals surface area contributed by atoms with Crippen molar-refractivity contribution < 1.29 is 19.4 Å². The number of hydrazone groups is 1. The second-order valence-corrected chi connectivity index (χ2v) is 6.54. The highest BCUT2D eigenvalue weighted by molar-refractivity contribution is 6.07. The molecule has 2 aromatic carbocycles. The molecule has 2 N–H and O–H groups in total. The van der Waals surface area contributed by atoms with Crippen LogP contribution in [0.1, 0.15) is 24.5 Å². The Bertz CT molecular complexity index is 882. The number of benzene rings is 2. The molecule has 7 nitrogen and oxygen atoms in total. The van der Waals surface area contributed by atoms with Crippen LogP contribution < -0.4 is 10.1 Å². The lowest BCUT2D eigenvalue weighted by Gasteiger charge is -2.20. The first-order valence-corrected chi connectivity index (χ1v) is 8.54. The summed E-state index contributed by atoms with van der Waals surface area (Å²) in [5, 5.41) is 17.2. The number of rotatable bonds is 6. The topological polar surface area (TPSA) is 91.2 Å². The summed E-state index contributed by atoms with van der Waals surface area (Å²) in [4.78, 5) is 24.9. The van der Waals surface area contributed by atoms with E-state index in [2.05, 4.69) is 10.4 Å². The normalized spacial score (nSPS) is 19.6. The Hall–Kier alpha value is -3.35. The fourth-order valence-corrected chi connectivity index (χ4v) is 2.88. The highest BCUT2D eigenvalue weighted by Gasteiger charge is 2.47. The van der Waals surface area contributed by atoms with Gasteiger partial charge in [-0.2, -0.15) is 5.10 Å². The Balaban J connectivity index is 1.71. The first-order valence-electron chi connectivity index (χ1n) is 8.54. The molecule has 1 aliphatic heterocycles. The highest BCUT2D eigenvalue weighted by Crippen LogP contribution is 2.26. The van der Waals surface area contributed by atoms with Gasteiger partial charge in [-0.05, 0) is 49.1 Å². The maximum atomic E-state index is 12.7. The van der Waals surface area contributed by atoms with Gasteiger partial charge in [0.25, 0.3) is 5.91 Å². The summed E-state index contributed by atoms with van der Waals surface area (Å²) < 4.78 is 5.04. The van der Waals surface area contributed by atoms with E-state index in [1.165, 1.54) is 19.4 Å². The third-order valence-corrected chi connectivity index (χ3v) is 4.52. The van der Waals surface area contributed by atoms with E-state index in [-0.39, 0.29) is 11.5 Å². The molecule has 0 bridgehead atoms. The number of carbonyl (C=O) groups is 2. The largest absolute Gasteiger partial charge is 0.504 e. The molecule has 0 aromatic heterocycles. The minimum atomic E-state index is -1.00.